The minimum atomic E-state index is 0.352. The van der Waals surface area contributed by atoms with Crippen LogP contribution in [0.1, 0.15) is 12.8 Å². The minimum Gasteiger partial charge on any atom is -0.316 e. The molecule has 1 aliphatic carbocycles. The molecule has 2 aliphatic rings. The van der Waals surface area contributed by atoms with Crippen molar-refractivity contribution >= 4 is 0 Å². The standard InChI is InChI=1S/C8H11N/c1-2-8-3-4-9-6-7(8)5-8/h1,7,9H,3-6H2. The largest absolute Gasteiger partial charge is 0.316 e. The third kappa shape index (κ3) is 0.601. The second-order valence-electron chi connectivity index (χ2n) is 3.16. The zero-order valence-electron chi connectivity index (χ0n) is 5.48. The average molecular weight is 121 g/mol. The van der Waals surface area contributed by atoms with Crippen LogP contribution in [0.5, 0.6) is 0 Å². The average Bonchev–Trinajstić information content (AvgIpc) is 2.62. The summed E-state index contributed by atoms with van der Waals surface area (Å²) in [6.07, 6.45) is 7.88. The van der Waals surface area contributed by atoms with Gasteiger partial charge in [-0.25, -0.2) is 0 Å². The van der Waals surface area contributed by atoms with Gasteiger partial charge in [-0.05, 0) is 31.8 Å². The van der Waals surface area contributed by atoms with Crippen LogP contribution in [0.3, 0.4) is 0 Å². The van der Waals surface area contributed by atoms with E-state index in [1.54, 1.807) is 0 Å². The molecule has 2 rings (SSSR count). The van der Waals surface area contributed by atoms with Crippen LogP contribution in [0.2, 0.25) is 0 Å². The molecular weight excluding hydrogens is 110 g/mol. The molecule has 2 fully saturated rings. The van der Waals surface area contributed by atoms with Crippen molar-refractivity contribution in [3.05, 3.63) is 0 Å². The first-order valence-electron chi connectivity index (χ1n) is 3.56. The van der Waals surface area contributed by atoms with E-state index >= 15 is 0 Å². The molecule has 0 amide bonds. The summed E-state index contributed by atoms with van der Waals surface area (Å²) in [7, 11) is 0. The molecule has 1 N–H and O–H groups in total. The summed E-state index contributed by atoms with van der Waals surface area (Å²) in [5.74, 6) is 3.73. The zero-order valence-corrected chi connectivity index (χ0v) is 5.48. The van der Waals surface area contributed by atoms with E-state index in [-0.39, 0.29) is 0 Å². The third-order valence-corrected chi connectivity index (χ3v) is 2.66. The molecular formula is C8H11N. The quantitative estimate of drug-likeness (QED) is 0.463. The van der Waals surface area contributed by atoms with E-state index in [0.29, 0.717) is 5.41 Å². The molecule has 48 valence electrons. The molecule has 0 bridgehead atoms. The maximum Gasteiger partial charge on any atom is 0.0368 e. The van der Waals surface area contributed by atoms with Gasteiger partial charge in [-0.1, -0.05) is 5.92 Å². The summed E-state index contributed by atoms with van der Waals surface area (Å²) in [4.78, 5) is 0. The highest BCUT2D eigenvalue weighted by atomic mass is 14.9. The Morgan fingerprint density at radius 1 is 1.67 bits per heavy atom. The van der Waals surface area contributed by atoms with Gasteiger partial charge in [0.05, 0.1) is 0 Å². The van der Waals surface area contributed by atoms with Crippen molar-refractivity contribution < 1.29 is 0 Å². The van der Waals surface area contributed by atoms with E-state index < -0.39 is 0 Å². The lowest BCUT2D eigenvalue weighted by molar-refractivity contribution is 0.433. The number of terminal acetylenes is 1. The Morgan fingerprint density at radius 2 is 2.56 bits per heavy atom. The molecule has 1 aliphatic heterocycles. The summed E-state index contributed by atoms with van der Waals surface area (Å²) in [5, 5.41) is 3.34. The van der Waals surface area contributed by atoms with Crippen LogP contribution in [0.25, 0.3) is 0 Å². The lowest BCUT2D eigenvalue weighted by Gasteiger charge is -2.16. The molecule has 0 radical (unpaired) electrons. The van der Waals surface area contributed by atoms with Gasteiger partial charge >= 0.3 is 0 Å². The van der Waals surface area contributed by atoms with Crippen molar-refractivity contribution in [2.45, 2.75) is 12.8 Å². The van der Waals surface area contributed by atoms with Gasteiger partial charge in [0.2, 0.25) is 0 Å². The molecule has 1 nitrogen and oxygen atoms in total. The number of hydrogen-bond donors (Lipinski definition) is 1. The van der Waals surface area contributed by atoms with Crippen LogP contribution < -0.4 is 5.32 Å². The summed E-state index contributed by atoms with van der Waals surface area (Å²) in [6, 6.07) is 0. The highest BCUT2D eigenvalue weighted by molar-refractivity contribution is 5.21. The van der Waals surface area contributed by atoms with Crippen LogP contribution in [0, 0.1) is 23.7 Å². The molecule has 2 atom stereocenters. The van der Waals surface area contributed by atoms with Crippen molar-refractivity contribution in [3.63, 3.8) is 0 Å². The fraction of sp³-hybridized carbons (Fsp3) is 0.750. The number of rotatable bonds is 0. The van der Waals surface area contributed by atoms with Crippen molar-refractivity contribution in [2.24, 2.45) is 11.3 Å². The summed E-state index contributed by atoms with van der Waals surface area (Å²) >= 11 is 0. The van der Waals surface area contributed by atoms with E-state index in [0.717, 1.165) is 19.0 Å². The first-order chi connectivity index (χ1) is 4.37. The summed E-state index contributed by atoms with van der Waals surface area (Å²) in [6.45, 7) is 2.28. The molecule has 0 aromatic carbocycles. The fourth-order valence-corrected chi connectivity index (χ4v) is 1.79. The first-order valence-corrected chi connectivity index (χ1v) is 3.56. The molecule has 0 aromatic rings. The summed E-state index contributed by atoms with van der Waals surface area (Å²) in [5.41, 5.74) is 0.352. The Hall–Kier alpha value is -0.480. The van der Waals surface area contributed by atoms with Gasteiger partial charge in [0.15, 0.2) is 0 Å². The van der Waals surface area contributed by atoms with Crippen LogP contribution in [-0.2, 0) is 0 Å². The van der Waals surface area contributed by atoms with Gasteiger partial charge < -0.3 is 5.32 Å². The molecule has 1 saturated heterocycles. The van der Waals surface area contributed by atoms with Crippen LogP contribution in [0.4, 0.5) is 0 Å². The molecule has 1 heteroatoms. The van der Waals surface area contributed by atoms with Gasteiger partial charge in [0.1, 0.15) is 0 Å². The lowest BCUT2D eigenvalue weighted by Crippen LogP contribution is -2.28. The van der Waals surface area contributed by atoms with Gasteiger partial charge in [0.25, 0.3) is 0 Å². The molecule has 0 spiro atoms. The topological polar surface area (TPSA) is 12.0 Å². The van der Waals surface area contributed by atoms with E-state index in [9.17, 15) is 0 Å². The van der Waals surface area contributed by atoms with Crippen molar-refractivity contribution in [1.29, 1.82) is 0 Å². The molecule has 2 unspecified atom stereocenters. The lowest BCUT2D eigenvalue weighted by atomic mass is 9.98. The number of piperidine rings is 1. The van der Waals surface area contributed by atoms with E-state index in [1.807, 2.05) is 0 Å². The van der Waals surface area contributed by atoms with Crippen LogP contribution in [0.15, 0.2) is 0 Å². The van der Waals surface area contributed by atoms with Crippen molar-refractivity contribution in [2.75, 3.05) is 13.1 Å². The molecule has 1 saturated carbocycles. The Kier molecular flexibility index (Phi) is 0.896. The Labute approximate surface area is 55.8 Å². The second kappa shape index (κ2) is 1.52. The Bertz CT molecular complexity index is 168. The van der Waals surface area contributed by atoms with Crippen LogP contribution in [-0.4, -0.2) is 13.1 Å². The second-order valence-corrected chi connectivity index (χ2v) is 3.16. The van der Waals surface area contributed by atoms with E-state index in [1.165, 1.54) is 12.8 Å². The van der Waals surface area contributed by atoms with Gasteiger partial charge in [-0.3, -0.25) is 0 Å². The van der Waals surface area contributed by atoms with Gasteiger partial charge in [-0.15, -0.1) is 6.42 Å². The van der Waals surface area contributed by atoms with Crippen molar-refractivity contribution in [3.8, 4) is 12.3 Å². The smallest absolute Gasteiger partial charge is 0.0368 e. The SMILES string of the molecule is C#CC12CCNCC1C2. The molecule has 9 heavy (non-hydrogen) atoms. The normalized spacial score (nSPS) is 47.2. The number of fused-ring (bicyclic) bond motifs is 1. The number of hydrogen-bond acceptors (Lipinski definition) is 1. The van der Waals surface area contributed by atoms with Gasteiger partial charge in [0, 0.05) is 5.41 Å². The predicted octanol–water partition coefficient (Wildman–Crippen LogP) is 0.619. The van der Waals surface area contributed by atoms with Crippen molar-refractivity contribution in [1.82, 2.24) is 5.32 Å². The fourth-order valence-electron chi connectivity index (χ4n) is 1.79. The molecule has 1 heterocycles. The Balaban J connectivity index is 2.11. The summed E-state index contributed by atoms with van der Waals surface area (Å²) < 4.78 is 0. The van der Waals surface area contributed by atoms with Gasteiger partial charge in [-0.2, -0.15) is 0 Å². The maximum atomic E-state index is 5.40. The maximum absolute atomic E-state index is 5.40. The first kappa shape index (κ1) is 5.32. The highest BCUT2D eigenvalue weighted by Crippen LogP contribution is 2.55. The highest BCUT2D eigenvalue weighted by Gasteiger charge is 2.53. The van der Waals surface area contributed by atoms with Crippen LogP contribution >= 0.6 is 0 Å². The molecule has 0 aromatic heterocycles. The zero-order chi connectivity index (χ0) is 6.32. The third-order valence-electron chi connectivity index (χ3n) is 2.66. The minimum absolute atomic E-state index is 0.352. The predicted molar refractivity (Wildman–Crippen MR) is 36.9 cm³/mol. The monoisotopic (exact) mass is 121 g/mol. The number of nitrogens with one attached hydrogen (secondary N) is 1. The van der Waals surface area contributed by atoms with E-state index in [2.05, 4.69) is 11.2 Å². The Morgan fingerprint density at radius 3 is 3.11 bits per heavy atom. The van der Waals surface area contributed by atoms with E-state index in [4.69, 9.17) is 6.42 Å².